The van der Waals surface area contributed by atoms with Crippen molar-refractivity contribution in [2.45, 2.75) is 59.3 Å². The molecule has 0 saturated carbocycles. The predicted molar refractivity (Wildman–Crippen MR) is 127 cm³/mol. The molecule has 1 aliphatic rings. The third-order valence-electron chi connectivity index (χ3n) is 5.42. The van der Waals surface area contributed by atoms with Gasteiger partial charge in [0.05, 0.1) is 17.0 Å². The normalized spacial score (nSPS) is 15.8. The van der Waals surface area contributed by atoms with E-state index in [1.165, 1.54) is 6.92 Å². The number of alkyl halides is 6. The topological polar surface area (TPSA) is 78.2 Å². The molecular formula is C25H28F6N4O3. The zero-order valence-corrected chi connectivity index (χ0v) is 21.3. The Morgan fingerprint density at radius 3 is 2.34 bits per heavy atom. The van der Waals surface area contributed by atoms with Gasteiger partial charge in [-0.05, 0) is 50.8 Å². The van der Waals surface area contributed by atoms with Crippen LogP contribution in [0.15, 0.2) is 34.6 Å². The number of aryl methyl sites for hydroxylation is 2. The van der Waals surface area contributed by atoms with Crippen molar-refractivity contribution in [2.24, 2.45) is 15.7 Å². The van der Waals surface area contributed by atoms with E-state index in [-0.39, 0.29) is 24.6 Å². The average Bonchev–Trinajstić information content (AvgIpc) is 2.81. The van der Waals surface area contributed by atoms with Crippen molar-refractivity contribution >= 4 is 11.4 Å². The van der Waals surface area contributed by atoms with E-state index < -0.39 is 35.8 Å². The number of nitrogens with zero attached hydrogens (tertiary/aromatic N) is 4. The van der Waals surface area contributed by atoms with Gasteiger partial charge in [0.2, 0.25) is 5.88 Å². The summed E-state index contributed by atoms with van der Waals surface area (Å²) in [5, 5.41) is 8.07. The fourth-order valence-corrected chi connectivity index (χ4v) is 3.45. The molecule has 2 aromatic rings. The molecule has 0 saturated heterocycles. The molecule has 0 N–H and O–H groups in total. The molecule has 0 fully saturated rings. The lowest BCUT2D eigenvalue weighted by molar-refractivity contribution is -0.154. The third kappa shape index (κ3) is 8.59. The number of pyridine rings is 2. The fraction of sp³-hybridized carbons (Fsp3) is 0.520. The van der Waals surface area contributed by atoms with Gasteiger partial charge >= 0.3 is 12.4 Å². The Labute approximate surface area is 215 Å². The van der Waals surface area contributed by atoms with Crippen LogP contribution in [0.25, 0.3) is 0 Å². The lowest BCUT2D eigenvalue weighted by Gasteiger charge is -2.22. The molecule has 2 aromatic heterocycles. The van der Waals surface area contributed by atoms with Gasteiger partial charge in [-0.2, -0.15) is 26.3 Å². The van der Waals surface area contributed by atoms with Crippen molar-refractivity contribution in [1.82, 2.24) is 9.97 Å². The quantitative estimate of drug-likeness (QED) is 0.211. The van der Waals surface area contributed by atoms with Gasteiger partial charge in [-0.3, -0.25) is 4.98 Å². The molecule has 0 aromatic carbocycles. The van der Waals surface area contributed by atoms with E-state index in [2.05, 4.69) is 25.0 Å². The molecule has 38 heavy (non-hydrogen) atoms. The summed E-state index contributed by atoms with van der Waals surface area (Å²) in [6.45, 7) is 5.25. The number of aromatic nitrogens is 2. The lowest BCUT2D eigenvalue weighted by atomic mass is 9.94. The Morgan fingerprint density at radius 2 is 1.66 bits per heavy atom. The van der Waals surface area contributed by atoms with E-state index in [4.69, 9.17) is 9.68 Å². The Kier molecular flexibility index (Phi) is 8.88. The number of fused-ring (bicyclic) bond motifs is 1. The SMILES string of the molecule is C/C(=N\OCC(C)(C)CO/N=C1\CCCc2ccc(C)nc21)c1cc(C(F)(F)F)cc(OCC(F)(F)F)n1. The summed E-state index contributed by atoms with van der Waals surface area (Å²) in [6, 6.07) is 5.05. The van der Waals surface area contributed by atoms with Crippen LogP contribution < -0.4 is 4.74 Å². The number of hydrogen-bond donors (Lipinski definition) is 0. The van der Waals surface area contributed by atoms with Gasteiger partial charge in [0.1, 0.15) is 24.6 Å². The van der Waals surface area contributed by atoms with Crippen LogP contribution in [-0.2, 0) is 22.3 Å². The van der Waals surface area contributed by atoms with E-state index in [1.54, 1.807) is 0 Å². The number of hydrogen-bond acceptors (Lipinski definition) is 7. The van der Waals surface area contributed by atoms with E-state index >= 15 is 0 Å². The van der Waals surface area contributed by atoms with Gasteiger partial charge in [-0.25, -0.2) is 4.98 Å². The van der Waals surface area contributed by atoms with Gasteiger partial charge in [-0.15, -0.1) is 0 Å². The molecule has 2 heterocycles. The van der Waals surface area contributed by atoms with Gasteiger partial charge in [0.25, 0.3) is 0 Å². The second-order valence-corrected chi connectivity index (χ2v) is 9.72. The maximum atomic E-state index is 13.2. The minimum absolute atomic E-state index is 0.0134. The smallest absolute Gasteiger partial charge is 0.422 e. The molecule has 0 aliphatic heterocycles. The number of rotatable bonds is 9. The molecule has 0 unspecified atom stereocenters. The highest BCUT2D eigenvalue weighted by Gasteiger charge is 2.33. The largest absolute Gasteiger partial charge is 0.468 e. The second kappa shape index (κ2) is 11.6. The summed E-state index contributed by atoms with van der Waals surface area (Å²) in [5.41, 5.74) is 1.37. The fourth-order valence-electron chi connectivity index (χ4n) is 3.45. The van der Waals surface area contributed by atoms with Crippen molar-refractivity contribution in [3.63, 3.8) is 0 Å². The lowest BCUT2D eigenvalue weighted by Crippen LogP contribution is -2.25. The summed E-state index contributed by atoms with van der Waals surface area (Å²) in [6.07, 6.45) is -6.97. The first-order valence-electron chi connectivity index (χ1n) is 11.7. The van der Waals surface area contributed by atoms with E-state index in [1.807, 2.05) is 32.9 Å². The number of ether oxygens (including phenoxy) is 1. The highest BCUT2D eigenvalue weighted by atomic mass is 19.4. The minimum atomic E-state index is -4.83. The second-order valence-electron chi connectivity index (χ2n) is 9.72. The molecule has 0 amide bonds. The van der Waals surface area contributed by atoms with Gasteiger partial charge < -0.3 is 14.4 Å². The van der Waals surface area contributed by atoms with Crippen LogP contribution in [0.1, 0.15) is 61.8 Å². The maximum Gasteiger partial charge on any atom is 0.422 e. The minimum Gasteiger partial charge on any atom is -0.468 e. The maximum absolute atomic E-state index is 13.2. The monoisotopic (exact) mass is 546 g/mol. The first-order chi connectivity index (χ1) is 17.6. The van der Waals surface area contributed by atoms with Crippen LogP contribution in [0.2, 0.25) is 0 Å². The number of oxime groups is 2. The van der Waals surface area contributed by atoms with Crippen molar-refractivity contribution in [2.75, 3.05) is 19.8 Å². The Hall–Kier alpha value is -3.38. The van der Waals surface area contributed by atoms with Crippen LogP contribution in [-0.4, -0.2) is 47.4 Å². The Bertz CT molecular complexity index is 1190. The van der Waals surface area contributed by atoms with Crippen molar-refractivity contribution in [3.8, 4) is 5.88 Å². The highest BCUT2D eigenvalue weighted by Crippen LogP contribution is 2.32. The molecule has 0 radical (unpaired) electrons. The zero-order chi connectivity index (χ0) is 28.1. The molecule has 208 valence electrons. The van der Waals surface area contributed by atoms with Crippen LogP contribution in [0.5, 0.6) is 5.88 Å². The van der Waals surface area contributed by atoms with E-state index in [0.717, 1.165) is 41.9 Å². The van der Waals surface area contributed by atoms with E-state index in [9.17, 15) is 26.3 Å². The molecule has 0 atom stereocenters. The summed E-state index contributed by atoms with van der Waals surface area (Å²) in [7, 11) is 0. The van der Waals surface area contributed by atoms with Gasteiger partial charge in [0, 0.05) is 17.2 Å². The van der Waals surface area contributed by atoms with Crippen molar-refractivity contribution in [3.05, 3.63) is 52.5 Å². The van der Waals surface area contributed by atoms with Crippen LogP contribution in [0, 0.1) is 12.3 Å². The molecular weight excluding hydrogens is 518 g/mol. The van der Waals surface area contributed by atoms with Crippen LogP contribution in [0.4, 0.5) is 26.3 Å². The van der Waals surface area contributed by atoms with E-state index in [0.29, 0.717) is 12.1 Å². The molecule has 1 aliphatic carbocycles. The molecule has 3 rings (SSSR count). The summed E-state index contributed by atoms with van der Waals surface area (Å²) in [5.74, 6) is -0.830. The summed E-state index contributed by atoms with van der Waals surface area (Å²) < 4.78 is 81.5. The molecule has 13 heteroatoms. The highest BCUT2D eigenvalue weighted by molar-refractivity contribution is 6.00. The summed E-state index contributed by atoms with van der Waals surface area (Å²) in [4.78, 5) is 19.2. The average molecular weight is 547 g/mol. The molecule has 0 spiro atoms. The predicted octanol–water partition coefficient (Wildman–Crippen LogP) is 6.27. The molecule has 7 nitrogen and oxygen atoms in total. The third-order valence-corrected chi connectivity index (χ3v) is 5.42. The summed E-state index contributed by atoms with van der Waals surface area (Å²) >= 11 is 0. The molecule has 0 bridgehead atoms. The first kappa shape index (κ1) is 29.2. The number of halogens is 6. The van der Waals surface area contributed by atoms with Crippen molar-refractivity contribution < 1.29 is 40.8 Å². The van der Waals surface area contributed by atoms with Gasteiger partial charge in [-0.1, -0.05) is 30.2 Å². The first-order valence-corrected chi connectivity index (χ1v) is 11.7. The standard InChI is InChI=1S/C25H28F6N4O3/c1-15-8-9-17-6-5-7-19(22(17)32-15)35-38-13-23(3,4)12-37-34-16(2)20-10-18(25(29,30)31)11-21(33-20)36-14-24(26,27)28/h8-11H,5-7,12-14H2,1-4H3/b34-16+,35-19+. The van der Waals surface area contributed by atoms with Crippen LogP contribution in [0.3, 0.4) is 0 Å². The Morgan fingerprint density at radius 1 is 0.947 bits per heavy atom. The zero-order valence-electron chi connectivity index (χ0n) is 21.3. The van der Waals surface area contributed by atoms with Crippen molar-refractivity contribution in [1.29, 1.82) is 0 Å². The van der Waals surface area contributed by atoms with Crippen LogP contribution >= 0.6 is 0 Å². The van der Waals surface area contributed by atoms with Gasteiger partial charge in [0.15, 0.2) is 6.61 Å². The Balaban J connectivity index is 1.64.